The van der Waals surface area contributed by atoms with E-state index in [9.17, 15) is 9.90 Å². The summed E-state index contributed by atoms with van der Waals surface area (Å²) in [6.07, 6.45) is 12.4. The third-order valence-electron chi connectivity index (χ3n) is 4.39. The number of benzene rings is 1. The van der Waals surface area contributed by atoms with Crippen molar-refractivity contribution >= 4 is 5.97 Å². The van der Waals surface area contributed by atoms with Gasteiger partial charge in [-0.25, -0.2) is 4.79 Å². The molecule has 0 saturated carbocycles. The lowest BCUT2D eigenvalue weighted by Crippen LogP contribution is -2.26. The average Bonchev–Trinajstić information content (AvgIpc) is 2.57. The van der Waals surface area contributed by atoms with Crippen molar-refractivity contribution in [2.24, 2.45) is 0 Å². The van der Waals surface area contributed by atoms with Crippen molar-refractivity contribution in [3.63, 3.8) is 0 Å². The van der Waals surface area contributed by atoms with Crippen molar-refractivity contribution in [3.05, 3.63) is 29.8 Å². The Balaban J connectivity index is 2.11. The third-order valence-corrected chi connectivity index (χ3v) is 4.39. The highest BCUT2D eigenvalue weighted by molar-refractivity contribution is 5.72. The van der Waals surface area contributed by atoms with E-state index in [1.165, 1.54) is 51.4 Å². The van der Waals surface area contributed by atoms with E-state index in [4.69, 9.17) is 4.74 Å². The molecule has 1 atom stereocenters. The van der Waals surface area contributed by atoms with Crippen LogP contribution in [0.2, 0.25) is 0 Å². The monoisotopic (exact) mass is 334 g/mol. The van der Waals surface area contributed by atoms with Gasteiger partial charge in [0.15, 0.2) is 6.10 Å². The minimum atomic E-state index is -0.869. The summed E-state index contributed by atoms with van der Waals surface area (Å²) in [5, 5.41) is 9.31. The Morgan fingerprint density at radius 2 is 1.42 bits per heavy atom. The fourth-order valence-electron chi connectivity index (χ4n) is 2.83. The lowest BCUT2D eigenvalue weighted by molar-refractivity contribution is -0.145. The van der Waals surface area contributed by atoms with Gasteiger partial charge in [-0.05, 0) is 31.9 Å². The number of ether oxygens (including phenoxy) is 1. The molecule has 3 heteroatoms. The van der Waals surface area contributed by atoms with Crippen LogP contribution in [-0.4, -0.2) is 17.2 Å². The second-order valence-electron chi connectivity index (χ2n) is 6.73. The van der Waals surface area contributed by atoms with Crippen molar-refractivity contribution in [1.82, 2.24) is 0 Å². The SMILES string of the molecule is CCCCCCCCCCCCC(Oc1ccc(C)cc1)C(=O)O. The molecule has 0 bridgehead atoms. The van der Waals surface area contributed by atoms with E-state index in [-0.39, 0.29) is 0 Å². The summed E-state index contributed by atoms with van der Waals surface area (Å²) in [6, 6.07) is 7.55. The van der Waals surface area contributed by atoms with Crippen LogP contribution in [0.25, 0.3) is 0 Å². The molecule has 0 radical (unpaired) electrons. The van der Waals surface area contributed by atoms with E-state index in [1.807, 2.05) is 31.2 Å². The van der Waals surface area contributed by atoms with Crippen LogP contribution >= 0.6 is 0 Å². The normalized spacial score (nSPS) is 12.1. The van der Waals surface area contributed by atoms with E-state index < -0.39 is 12.1 Å². The molecule has 24 heavy (non-hydrogen) atoms. The number of aliphatic carboxylic acids is 1. The fraction of sp³-hybridized carbons (Fsp3) is 0.667. The molecule has 1 rings (SSSR count). The van der Waals surface area contributed by atoms with Crippen molar-refractivity contribution in [2.45, 2.75) is 90.6 Å². The molecule has 0 aliphatic carbocycles. The highest BCUT2D eigenvalue weighted by Gasteiger charge is 2.18. The molecule has 1 aromatic rings. The van der Waals surface area contributed by atoms with Gasteiger partial charge >= 0.3 is 5.97 Å². The van der Waals surface area contributed by atoms with Gasteiger partial charge in [0.25, 0.3) is 0 Å². The van der Waals surface area contributed by atoms with Crippen molar-refractivity contribution in [1.29, 1.82) is 0 Å². The Morgan fingerprint density at radius 3 is 1.92 bits per heavy atom. The fourth-order valence-corrected chi connectivity index (χ4v) is 2.83. The van der Waals surface area contributed by atoms with Crippen LogP contribution < -0.4 is 4.74 Å². The Labute approximate surface area is 147 Å². The number of hydrogen-bond donors (Lipinski definition) is 1. The quantitative estimate of drug-likeness (QED) is 0.416. The number of unbranched alkanes of at least 4 members (excludes halogenated alkanes) is 9. The second kappa shape index (κ2) is 12.9. The van der Waals surface area contributed by atoms with E-state index in [2.05, 4.69) is 6.92 Å². The first kappa shape index (κ1) is 20.5. The van der Waals surface area contributed by atoms with Crippen LogP contribution in [0, 0.1) is 6.92 Å². The van der Waals surface area contributed by atoms with E-state index in [0.29, 0.717) is 12.2 Å². The van der Waals surface area contributed by atoms with Crippen molar-refractivity contribution in [3.8, 4) is 5.75 Å². The summed E-state index contributed by atoms with van der Waals surface area (Å²) >= 11 is 0. The maximum Gasteiger partial charge on any atom is 0.344 e. The molecule has 0 saturated heterocycles. The summed E-state index contributed by atoms with van der Waals surface area (Å²) in [7, 11) is 0. The molecule has 0 aromatic heterocycles. The van der Waals surface area contributed by atoms with Crippen molar-refractivity contribution < 1.29 is 14.6 Å². The lowest BCUT2D eigenvalue weighted by Gasteiger charge is -2.15. The molecule has 1 N–H and O–H groups in total. The van der Waals surface area contributed by atoms with Gasteiger partial charge in [-0.3, -0.25) is 0 Å². The minimum Gasteiger partial charge on any atom is -0.479 e. The molecule has 0 heterocycles. The molecule has 136 valence electrons. The van der Waals surface area contributed by atoms with Crippen LogP contribution in [0.3, 0.4) is 0 Å². The van der Waals surface area contributed by atoms with Gasteiger partial charge in [-0.1, -0.05) is 82.4 Å². The Morgan fingerprint density at radius 1 is 0.917 bits per heavy atom. The van der Waals surface area contributed by atoms with Crippen LogP contribution in [-0.2, 0) is 4.79 Å². The van der Waals surface area contributed by atoms with Gasteiger partial charge in [0.2, 0.25) is 0 Å². The van der Waals surface area contributed by atoms with Crippen LogP contribution in [0.1, 0.15) is 83.1 Å². The van der Waals surface area contributed by atoms with Crippen LogP contribution in [0.5, 0.6) is 5.75 Å². The van der Waals surface area contributed by atoms with Gasteiger partial charge in [-0.2, -0.15) is 0 Å². The second-order valence-corrected chi connectivity index (χ2v) is 6.73. The summed E-state index contributed by atoms with van der Waals surface area (Å²) in [5.74, 6) is -0.230. The first-order valence-corrected chi connectivity index (χ1v) is 9.59. The van der Waals surface area contributed by atoms with Gasteiger partial charge in [0.1, 0.15) is 5.75 Å². The zero-order chi connectivity index (χ0) is 17.6. The lowest BCUT2D eigenvalue weighted by atomic mass is 10.0. The minimum absolute atomic E-state index is 0.583. The zero-order valence-corrected chi connectivity index (χ0v) is 15.4. The summed E-state index contributed by atoms with van der Waals surface area (Å²) in [6.45, 7) is 4.25. The molecule has 3 nitrogen and oxygen atoms in total. The molecule has 0 fully saturated rings. The van der Waals surface area contributed by atoms with Gasteiger partial charge in [0.05, 0.1) is 0 Å². The number of aryl methyl sites for hydroxylation is 1. The topological polar surface area (TPSA) is 46.5 Å². The van der Waals surface area contributed by atoms with E-state index in [1.54, 1.807) is 0 Å². The molecule has 1 aromatic carbocycles. The highest BCUT2D eigenvalue weighted by Crippen LogP contribution is 2.17. The zero-order valence-electron chi connectivity index (χ0n) is 15.4. The summed E-state index contributed by atoms with van der Waals surface area (Å²) in [5.41, 5.74) is 1.14. The van der Waals surface area contributed by atoms with Gasteiger partial charge < -0.3 is 9.84 Å². The molecular weight excluding hydrogens is 300 g/mol. The maximum atomic E-state index is 11.3. The summed E-state index contributed by atoms with van der Waals surface area (Å²) in [4.78, 5) is 11.3. The predicted molar refractivity (Wildman–Crippen MR) is 99.7 cm³/mol. The van der Waals surface area contributed by atoms with Gasteiger partial charge in [0, 0.05) is 0 Å². The number of carboxylic acid groups (broad SMARTS) is 1. The van der Waals surface area contributed by atoms with Crippen molar-refractivity contribution in [2.75, 3.05) is 0 Å². The largest absolute Gasteiger partial charge is 0.479 e. The highest BCUT2D eigenvalue weighted by atomic mass is 16.5. The average molecular weight is 335 g/mol. The number of carbonyl (C=O) groups is 1. The predicted octanol–water partition coefficient (Wildman–Crippen LogP) is 6.14. The van der Waals surface area contributed by atoms with Gasteiger partial charge in [-0.15, -0.1) is 0 Å². The summed E-state index contributed by atoms with van der Waals surface area (Å²) < 4.78 is 5.61. The Kier molecular flexibility index (Phi) is 11.0. The maximum absolute atomic E-state index is 11.3. The van der Waals surface area contributed by atoms with E-state index in [0.717, 1.165) is 18.4 Å². The number of rotatable bonds is 14. The molecule has 0 aliphatic rings. The molecule has 1 unspecified atom stereocenters. The first-order valence-electron chi connectivity index (χ1n) is 9.59. The molecular formula is C21H34O3. The Hall–Kier alpha value is -1.51. The first-order chi connectivity index (χ1) is 11.6. The molecule has 0 amide bonds. The Bertz CT molecular complexity index is 439. The molecule has 0 aliphatic heterocycles. The van der Waals surface area contributed by atoms with E-state index >= 15 is 0 Å². The number of carboxylic acids is 1. The molecule has 0 spiro atoms. The standard InChI is InChI=1S/C21H34O3/c1-3-4-5-6-7-8-9-10-11-12-13-20(21(22)23)24-19-16-14-18(2)15-17-19/h14-17,20H,3-13H2,1-2H3,(H,22,23). The third kappa shape index (κ3) is 9.59. The smallest absolute Gasteiger partial charge is 0.344 e. The number of hydrogen-bond acceptors (Lipinski definition) is 2. The van der Waals surface area contributed by atoms with Crippen LogP contribution in [0.4, 0.5) is 0 Å². The van der Waals surface area contributed by atoms with Crippen LogP contribution in [0.15, 0.2) is 24.3 Å².